The number of carboxylic acid groups (broad SMARTS) is 1. The molecule has 2 aromatic carbocycles. The van der Waals surface area contributed by atoms with Gasteiger partial charge in [0.1, 0.15) is 11.6 Å². The topological polar surface area (TPSA) is 169 Å². The number of carbonyl (C=O) groups excluding carboxylic acids is 2. The lowest BCUT2D eigenvalue weighted by Gasteiger charge is -2.32. The fourth-order valence-electron chi connectivity index (χ4n) is 8.44. The van der Waals surface area contributed by atoms with Crippen molar-refractivity contribution in [1.29, 1.82) is 0 Å². The molecule has 0 spiro atoms. The van der Waals surface area contributed by atoms with Crippen LogP contribution < -0.4 is 10.6 Å². The molecule has 3 aliphatic rings. The van der Waals surface area contributed by atoms with Crippen molar-refractivity contribution in [3.63, 3.8) is 0 Å². The van der Waals surface area contributed by atoms with Crippen molar-refractivity contribution >= 4 is 18.1 Å². The fourth-order valence-corrected chi connectivity index (χ4v) is 8.44. The summed E-state index contributed by atoms with van der Waals surface area (Å²) in [5.74, 6) is 2.10. The number of likely N-dealkylation sites (tertiary alicyclic amines) is 2. The molecule has 0 bridgehead atoms. The van der Waals surface area contributed by atoms with Crippen LogP contribution in [0.3, 0.4) is 0 Å². The molecule has 2 aromatic heterocycles. The quantitative estimate of drug-likeness (QED) is 0.108. The van der Waals surface area contributed by atoms with E-state index < -0.39 is 12.2 Å². The van der Waals surface area contributed by atoms with E-state index in [0.717, 1.165) is 110 Å². The summed E-state index contributed by atoms with van der Waals surface area (Å²) < 4.78 is 4.73. The van der Waals surface area contributed by atoms with Crippen molar-refractivity contribution in [1.82, 2.24) is 40.4 Å². The van der Waals surface area contributed by atoms with Gasteiger partial charge in [-0.2, -0.15) is 0 Å². The summed E-state index contributed by atoms with van der Waals surface area (Å²) in [6.07, 6.45) is 9.29. The van der Waals surface area contributed by atoms with Gasteiger partial charge < -0.3 is 35.3 Å². The number of ether oxygens (including phenoxy) is 1. The zero-order chi connectivity index (χ0) is 37.8. The summed E-state index contributed by atoms with van der Waals surface area (Å²) >= 11 is 0. The fraction of sp³-hybridized carbons (Fsp3) is 0.488. The van der Waals surface area contributed by atoms with E-state index in [-0.39, 0.29) is 41.9 Å². The number of hydrogen-bond donors (Lipinski definition) is 5. The van der Waals surface area contributed by atoms with Crippen molar-refractivity contribution in [3.8, 4) is 33.6 Å². The number of H-pyrrole nitrogens is 2. The van der Waals surface area contributed by atoms with Gasteiger partial charge in [-0.1, -0.05) is 62.4 Å². The highest BCUT2D eigenvalue weighted by Crippen LogP contribution is 2.37. The molecule has 1 aliphatic carbocycles. The summed E-state index contributed by atoms with van der Waals surface area (Å²) in [6, 6.07) is 16.9. The Balaban J connectivity index is 0.958. The third kappa shape index (κ3) is 8.30. The number of hydrogen-bond acceptors (Lipinski definition) is 7. The van der Waals surface area contributed by atoms with Crippen LogP contribution in [-0.4, -0.2) is 91.8 Å². The van der Waals surface area contributed by atoms with Crippen LogP contribution in [0.4, 0.5) is 9.59 Å². The second-order valence-corrected chi connectivity index (χ2v) is 15.3. The summed E-state index contributed by atoms with van der Waals surface area (Å²) in [5, 5.41) is 14.9. The van der Waals surface area contributed by atoms with E-state index in [1.54, 1.807) is 0 Å². The summed E-state index contributed by atoms with van der Waals surface area (Å²) in [4.78, 5) is 57.5. The Bertz CT molecular complexity index is 1900. The van der Waals surface area contributed by atoms with Crippen LogP contribution in [0, 0.1) is 11.8 Å². The normalized spacial score (nSPS) is 22.3. The van der Waals surface area contributed by atoms with Gasteiger partial charge in [0, 0.05) is 31.1 Å². The number of alkyl carbamates (subject to hydrolysis) is 1. The number of nitrogens with zero attached hydrogens (tertiary/aromatic N) is 4. The number of imidazole rings is 2. The predicted molar refractivity (Wildman–Crippen MR) is 205 cm³/mol. The standard InChI is InChI=1S/C41H52N8O5/c1-25(2)34(47-40(51)52)24-48-20-4-6-35(48)37-42-22-32(45-37)28-12-8-26(9-13-28)27-10-14-29(15-11-27)33-23-43-38(46-33)36-7-5-21-49(36)39(50)30-16-18-31(19-17-30)44-41(53)54-3/h8-15,22-23,25,30-31,34-36,47H,4-7,16-21,24H2,1-3H3,(H,42,45)(H,43,46)(H,44,53)(H,51,52)/t30-,31-,34-,35+,36+/m1/s1. The van der Waals surface area contributed by atoms with E-state index in [9.17, 15) is 19.5 Å². The van der Waals surface area contributed by atoms with Gasteiger partial charge in [-0.25, -0.2) is 19.6 Å². The SMILES string of the molecule is COC(=O)N[C@H]1CC[C@H](C(=O)N2CCC[C@H]2c2ncc(-c3ccc(-c4ccc(-c5cnc([C@@H]6CCCN6C[C@@H](NC(=O)O)C(C)C)[nH]5)cc4)cc3)[nH]2)CC1. The Morgan fingerprint density at radius 3 is 1.89 bits per heavy atom. The van der Waals surface area contributed by atoms with Crippen molar-refractivity contribution in [3.05, 3.63) is 72.6 Å². The van der Waals surface area contributed by atoms with Gasteiger partial charge in [0.25, 0.3) is 0 Å². The third-order valence-electron chi connectivity index (χ3n) is 11.6. The molecule has 4 heterocycles. The Kier molecular flexibility index (Phi) is 11.3. The molecule has 3 amide bonds. The second kappa shape index (κ2) is 16.5. The lowest BCUT2D eigenvalue weighted by molar-refractivity contribution is -0.137. The van der Waals surface area contributed by atoms with E-state index in [0.29, 0.717) is 6.54 Å². The molecule has 0 unspecified atom stereocenters. The monoisotopic (exact) mass is 736 g/mol. The van der Waals surface area contributed by atoms with Crippen LogP contribution in [-0.2, 0) is 9.53 Å². The van der Waals surface area contributed by atoms with Gasteiger partial charge in [0.05, 0.1) is 43.0 Å². The molecule has 13 heteroatoms. The number of carbonyl (C=O) groups is 3. The number of methoxy groups -OCH3 is 1. The Hall–Kier alpha value is -5.17. The summed E-state index contributed by atoms with van der Waals surface area (Å²) in [7, 11) is 1.37. The van der Waals surface area contributed by atoms with Crippen LogP contribution >= 0.6 is 0 Å². The highest BCUT2D eigenvalue weighted by Gasteiger charge is 2.37. The minimum atomic E-state index is -0.985. The van der Waals surface area contributed by atoms with Crippen molar-refractivity contribution < 1.29 is 24.2 Å². The molecule has 2 saturated heterocycles. The second-order valence-electron chi connectivity index (χ2n) is 15.3. The number of rotatable bonds is 11. The highest BCUT2D eigenvalue weighted by atomic mass is 16.5. The van der Waals surface area contributed by atoms with Gasteiger partial charge >= 0.3 is 12.2 Å². The first kappa shape index (κ1) is 37.2. The molecule has 54 heavy (non-hydrogen) atoms. The smallest absolute Gasteiger partial charge is 0.407 e. The number of benzene rings is 2. The van der Waals surface area contributed by atoms with E-state index in [1.807, 2.05) is 31.1 Å². The lowest BCUT2D eigenvalue weighted by atomic mass is 9.85. The highest BCUT2D eigenvalue weighted by molar-refractivity contribution is 5.80. The first-order valence-corrected chi connectivity index (χ1v) is 19.4. The largest absolute Gasteiger partial charge is 0.465 e. The first-order valence-electron chi connectivity index (χ1n) is 19.4. The molecule has 0 radical (unpaired) electrons. The molecule has 4 aromatic rings. The van der Waals surface area contributed by atoms with E-state index >= 15 is 0 Å². The minimum absolute atomic E-state index is 0.0314. The minimum Gasteiger partial charge on any atom is -0.465 e. The van der Waals surface area contributed by atoms with Crippen LogP contribution in [0.15, 0.2) is 60.9 Å². The summed E-state index contributed by atoms with van der Waals surface area (Å²) in [6.45, 7) is 6.40. The Morgan fingerprint density at radius 2 is 1.33 bits per heavy atom. The third-order valence-corrected chi connectivity index (χ3v) is 11.6. The van der Waals surface area contributed by atoms with Gasteiger partial charge in [0.15, 0.2) is 0 Å². The van der Waals surface area contributed by atoms with Crippen LogP contribution in [0.2, 0.25) is 0 Å². The van der Waals surface area contributed by atoms with E-state index in [2.05, 4.69) is 74.0 Å². The molecule has 13 nitrogen and oxygen atoms in total. The predicted octanol–water partition coefficient (Wildman–Crippen LogP) is 7.14. The molecular formula is C41H52N8O5. The Labute approximate surface area is 316 Å². The number of aromatic amines is 2. The van der Waals surface area contributed by atoms with Crippen molar-refractivity contribution in [2.75, 3.05) is 26.7 Å². The van der Waals surface area contributed by atoms with Crippen molar-refractivity contribution in [2.24, 2.45) is 11.8 Å². The van der Waals surface area contributed by atoms with Gasteiger partial charge in [0.2, 0.25) is 5.91 Å². The first-order chi connectivity index (χ1) is 26.2. The molecule has 3 fully saturated rings. The summed E-state index contributed by atoms with van der Waals surface area (Å²) in [5.41, 5.74) is 6.19. The molecule has 1 saturated carbocycles. The molecule has 3 atom stereocenters. The molecule has 7 rings (SSSR count). The van der Waals surface area contributed by atoms with Crippen LogP contribution in [0.1, 0.15) is 88.9 Å². The number of nitrogens with one attached hydrogen (secondary N) is 4. The maximum atomic E-state index is 13.6. The maximum absolute atomic E-state index is 13.6. The lowest BCUT2D eigenvalue weighted by Crippen LogP contribution is -2.46. The van der Waals surface area contributed by atoms with Gasteiger partial charge in [-0.05, 0) is 86.1 Å². The van der Waals surface area contributed by atoms with Crippen LogP contribution in [0.25, 0.3) is 33.6 Å². The number of amides is 3. The Morgan fingerprint density at radius 1 is 0.796 bits per heavy atom. The van der Waals surface area contributed by atoms with Gasteiger partial charge in [-0.15, -0.1) is 0 Å². The molecular weight excluding hydrogens is 685 g/mol. The average molecular weight is 737 g/mol. The van der Waals surface area contributed by atoms with E-state index in [1.165, 1.54) is 7.11 Å². The molecule has 286 valence electrons. The zero-order valence-electron chi connectivity index (χ0n) is 31.4. The zero-order valence-corrected chi connectivity index (χ0v) is 31.4. The average Bonchev–Trinajstić information content (AvgIpc) is 4.02. The molecule has 5 N–H and O–H groups in total. The molecule has 2 aliphatic heterocycles. The number of aromatic nitrogens is 4. The van der Waals surface area contributed by atoms with Crippen molar-refractivity contribution in [2.45, 2.75) is 89.4 Å². The van der Waals surface area contributed by atoms with E-state index in [4.69, 9.17) is 14.7 Å². The van der Waals surface area contributed by atoms with Gasteiger partial charge in [-0.3, -0.25) is 9.69 Å². The maximum Gasteiger partial charge on any atom is 0.407 e. The van der Waals surface area contributed by atoms with Crippen LogP contribution in [0.5, 0.6) is 0 Å².